The van der Waals surface area contributed by atoms with Gasteiger partial charge in [0.15, 0.2) is 12.1 Å². The maximum Gasteiger partial charge on any atom is 0.187 e. The van der Waals surface area contributed by atoms with Crippen LogP contribution in [0.3, 0.4) is 0 Å². The van der Waals surface area contributed by atoms with Gasteiger partial charge in [0.1, 0.15) is 5.84 Å². The Morgan fingerprint density at radius 3 is 2.56 bits per heavy atom. The zero-order valence-electron chi connectivity index (χ0n) is 15.3. The number of aliphatic imine (C=N–C) groups is 1. The smallest absolute Gasteiger partial charge is 0.187 e. The lowest BCUT2D eigenvalue weighted by Gasteiger charge is -2.17. The summed E-state index contributed by atoms with van der Waals surface area (Å²) in [6, 6.07) is 9.21. The molecule has 142 valence electrons. The molecule has 8 heteroatoms. The van der Waals surface area contributed by atoms with Crippen molar-refractivity contribution >= 4 is 28.9 Å². The van der Waals surface area contributed by atoms with Crippen LogP contribution < -0.4 is 11.1 Å². The topological polar surface area (TPSA) is 86.7 Å². The van der Waals surface area contributed by atoms with Gasteiger partial charge in [0, 0.05) is 28.2 Å². The number of aryl methyl sites for hydroxylation is 2. The summed E-state index contributed by atoms with van der Waals surface area (Å²) < 4.78 is 12.8. The van der Waals surface area contributed by atoms with Gasteiger partial charge in [0.05, 0.1) is 18.9 Å². The van der Waals surface area contributed by atoms with Crippen molar-refractivity contribution in [2.24, 2.45) is 10.7 Å². The zero-order chi connectivity index (χ0) is 19.4. The van der Waals surface area contributed by atoms with Crippen LogP contribution in [-0.4, -0.2) is 35.1 Å². The summed E-state index contributed by atoms with van der Waals surface area (Å²) >= 11 is 5.97. The van der Waals surface area contributed by atoms with Crippen LogP contribution in [0.1, 0.15) is 11.4 Å². The van der Waals surface area contributed by atoms with E-state index >= 15 is 0 Å². The molecule has 2 aromatic rings. The second-order valence-electron chi connectivity index (χ2n) is 6.05. The second-order valence-corrected chi connectivity index (χ2v) is 6.49. The molecule has 7 nitrogen and oxygen atoms in total. The Hall–Kier alpha value is -2.61. The minimum absolute atomic E-state index is 0.455. The van der Waals surface area contributed by atoms with Crippen LogP contribution in [0.15, 0.2) is 53.7 Å². The van der Waals surface area contributed by atoms with E-state index in [9.17, 15) is 0 Å². The first-order valence-corrected chi connectivity index (χ1v) is 8.85. The molecule has 1 fully saturated rings. The predicted molar refractivity (Wildman–Crippen MR) is 108 cm³/mol. The lowest BCUT2D eigenvalue weighted by Crippen LogP contribution is -2.25. The first-order chi connectivity index (χ1) is 13.0. The zero-order valence-corrected chi connectivity index (χ0v) is 16.0. The Bertz CT molecular complexity index is 880. The van der Waals surface area contributed by atoms with E-state index in [1.807, 2.05) is 32.0 Å². The molecule has 27 heavy (non-hydrogen) atoms. The van der Waals surface area contributed by atoms with Gasteiger partial charge in [-0.3, -0.25) is 0 Å². The fourth-order valence-corrected chi connectivity index (χ4v) is 2.78. The fourth-order valence-electron chi connectivity index (χ4n) is 2.65. The largest absolute Gasteiger partial charge is 0.402 e. The van der Waals surface area contributed by atoms with Crippen molar-refractivity contribution in [1.82, 2.24) is 9.78 Å². The molecule has 0 spiro atoms. The van der Waals surface area contributed by atoms with E-state index in [0.29, 0.717) is 35.5 Å². The number of amidine groups is 1. The summed E-state index contributed by atoms with van der Waals surface area (Å²) in [5, 5.41) is 8.32. The van der Waals surface area contributed by atoms with Crippen LogP contribution >= 0.6 is 11.6 Å². The average molecular weight is 388 g/mol. The monoisotopic (exact) mass is 387 g/mol. The third-order valence-corrected chi connectivity index (χ3v) is 4.17. The number of benzene rings is 1. The minimum atomic E-state index is -0.567. The van der Waals surface area contributed by atoms with Gasteiger partial charge >= 0.3 is 0 Å². The van der Waals surface area contributed by atoms with Crippen molar-refractivity contribution < 1.29 is 9.47 Å². The maximum absolute atomic E-state index is 5.97. The number of anilines is 1. The Labute approximate surface area is 163 Å². The molecule has 3 rings (SSSR count). The predicted octanol–water partition coefficient (Wildman–Crippen LogP) is 3.31. The highest BCUT2D eigenvalue weighted by atomic mass is 35.5. The van der Waals surface area contributed by atoms with Gasteiger partial charge < -0.3 is 20.5 Å². The van der Waals surface area contributed by atoms with Crippen LogP contribution in [0.25, 0.3) is 5.82 Å². The SMILES string of the molecule is C=C(/C(=N\C(=C/N)n1nc(C)cc1C)Nc1ccc(Cl)cc1)C1OCCO1. The molecular weight excluding hydrogens is 366 g/mol. The molecule has 0 aliphatic carbocycles. The van der Waals surface area contributed by atoms with Crippen LogP contribution in [0.2, 0.25) is 5.02 Å². The van der Waals surface area contributed by atoms with Gasteiger partial charge in [-0.1, -0.05) is 18.2 Å². The third-order valence-electron chi connectivity index (χ3n) is 3.92. The van der Waals surface area contributed by atoms with Gasteiger partial charge in [0.2, 0.25) is 0 Å². The number of hydrogen-bond acceptors (Lipinski definition) is 5. The third kappa shape index (κ3) is 4.57. The normalized spacial score (nSPS) is 16.0. The van der Waals surface area contributed by atoms with Crippen molar-refractivity contribution in [3.8, 4) is 0 Å². The lowest BCUT2D eigenvalue weighted by atomic mass is 10.2. The first kappa shape index (κ1) is 19.2. The summed E-state index contributed by atoms with van der Waals surface area (Å²) in [6.45, 7) is 8.95. The Morgan fingerprint density at radius 1 is 1.33 bits per heavy atom. The van der Waals surface area contributed by atoms with E-state index in [1.165, 1.54) is 6.20 Å². The number of rotatable bonds is 5. The number of aromatic nitrogens is 2. The first-order valence-electron chi connectivity index (χ1n) is 8.47. The summed E-state index contributed by atoms with van der Waals surface area (Å²) in [5.41, 5.74) is 8.97. The Balaban J connectivity index is 1.96. The van der Waals surface area contributed by atoms with Gasteiger partial charge in [-0.2, -0.15) is 5.10 Å². The number of nitrogens with zero attached hydrogens (tertiary/aromatic N) is 3. The molecule has 0 bridgehead atoms. The summed E-state index contributed by atoms with van der Waals surface area (Å²) in [6.07, 6.45) is 0.829. The molecule has 3 N–H and O–H groups in total. The molecule has 0 saturated carbocycles. The highest BCUT2D eigenvalue weighted by Crippen LogP contribution is 2.20. The van der Waals surface area contributed by atoms with Crippen molar-refractivity contribution in [2.45, 2.75) is 20.1 Å². The van der Waals surface area contributed by atoms with Crippen molar-refractivity contribution in [2.75, 3.05) is 18.5 Å². The fraction of sp³-hybridized carbons (Fsp3) is 0.263. The highest BCUT2D eigenvalue weighted by molar-refractivity contribution is 6.30. The van der Waals surface area contributed by atoms with Crippen LogP contribution in [0.4, 0.5) is 5.69 Å². The van der Waals surface area contributed by atoms with Gasteiger partial charge in [-0.15, -0.1) is 0 Å². The minimum Gasteiger partial charge on any atom is -0.402 e. The number of nitrogens with one attached hydrogen (secondary N) is 1. The van der Waals surface area contributed by atoms with E-state index in [4.69, 9.17) is 26.8 Å². The van der Waals surface area contributed by atoms with Gasteiger partial charge in [-0.25, -0.2) is 9.67 Å². The lowest BCUT2D eigenvalue weighted by molar-refractivity contribution is -0.00625. The molecule has 0 atom stereocenters. The van der Waals surface area contributed by atoms with E-state index in [-0.39, 0.29) is 0 Å². The summed E-state index contributed by atoms with van der Waals surface area (Å²) in [7, 11) is 0. The molecule has 1 aliphatic heterocycles. The molecule has 1 aromatic carbocycles. The Kier molecular flexibility index (Phi) is 5.95. The van der Waals surface area contributed by atoms with Crippen LogP contribution in [-0.2, 0) is 9.47 Å². The number of ether oxygens (including phenoxy) is 2. The van der Waals surface area contributed by atoms with Gasteiger partial charge in [-0.05, 0) is 44.2 Å². The van der Waals surface area contributed by atoms with Crippen molar-refractivity contribution in [3.05, 3.63) is 65.1 Å². The molecule has 1 saturated heterocycles. The Morgan fingerprint density at radius 2 is 2.00 bits per heavy atom. The quantitative estimate of drug-likeness (QED) is 0.607. The van der Waals surface area contributed by atoms with Crippen LogP contribution in [0.5, 0.6) is 0 Å². The molecule has 1 aliphatic rings. The second kappa shape index (κ2) is 8.39. The van der Waals surface area contributed by atoms with E-state index in [2.05, 4.69) is 22.0 Å². The van der Waals surface area contributed by atoms with E-state index < -0.39 is 6.29 Å². The van der Waals surface area contributed by atoms with Crippen LogP contribution in [0, 0.1) is 13.8 Å². The van der Waals surface area contributed by atoms with E-state index in [0.717, 1.165) is 17.1 Å². The number of hydrogen-bond donors (Lipinski definition) is 2. The number of halogens is 1. The summed E-state index contributed by atoms with van der Waals surface area (Å²) in [5.74, 6) is 0.921. The highest BCUT2D eigenvalue weighted by Gasteiger charge is 2.24. The average Bonchev–Trinajstić information content (AvgIpc) is 3.29. The molecular formula is C19H22ClN5O2. The van der Waals surface area contributed by atoms with Gasteiger partial charge in [0.25, 0.3) is 0 Å². The standard InChI is InChI=1S/C19H22ClN5O2/c1-12-10-13(2)25(24-12)17(11-21)23-18(14(3)19-26-8-9-27-19)22-16-6-4-15(20)5-7-16/h4-7,10-11,19H,3,8-9,21H2,1-2H3,(H,22,23)/b17-11+. The summed E-state index contributed by atoms with van der Waals surface area (Å²) in [4.78, 5) is 4.65. The molecule has 1 aromatic heterocycles. The van der Waals surface area contributed by atoms with Crippen molar-refractivity contribution in [3.63, 3.8) is 0 Å². The molecule has 0 unspecified atom stereocenters. The number of nitrogens with two attached hydrogens (primary N) is 1. The van der Waals surface area contributed by atoms with Crippen molar-refractivity contribution in [1.29, 1.82) is 0 Å². The maximum atomic E-state index is 5.97. The molecule has 0 radical (unpaired) electrons. The molecule has 2 heterocycles. The molecule has 0 amide bonds. The van der Waals surface area contributed by atoms with E-state index in [1.54, 1.807) is 16.8 Å².